The molecule has 0 aromatic heterocycles. The van der Waals surface area contributed by atoms with Gasteiger partial charge in [0.05, 0.1) is 11.7 Å². The summed E-state index contributed by atoms with van der Waals surface area (Å²) in [5.41, 5.74) is 1.40. The molecule has 2 heteroatoms. The van der Waals surface area contributed by atoms with Gasteiger partial charge in [-0.3, -0.25) is 0 Å². The Morgan fingerprint density at radius 2 is 2.00 bits per heavy atom. The Balaban J connectivity index is 1.84. The molecule has 0 N–H and O–H groups in total. The Morgan fingerprint density at radius 3 is 2.53 bits per heavy atom. The van der Waals surface area contributed by atoms with E-state index in [1.165, 1.54) is 12.0 Å². The molecule has 1 aromatic rings. The molecule has 1 saturated heterocycles. The van der Waals surface area contributed by atoms with Crippen LogP contribution in [0.4, 0.5) is 0 Å². The summed E-state index contributed by atoms with van der Waals surface area (Å²) in [6.45, 7) is 9.42. The van der Waals surface area contributed by atoms with Crippen LogP contribution in [0, 0.1) is 0 Å². The molecular weight excluding hydrogens is 236 g/mol. The van der Waals surface area contributed by atoms with Gasteiger partial charge in [-0.2, -0.15) is 0 Å². The second-order valence-corrected chi connectivity index (χ2v) is 6.23. The lowest BCUT2D eigenvalue weighted by Crippen LogP contribution is -2.23. The fraction of sp³-hybridized carbons (Fsp3) is 0.647. The summed E-state index contributed by atoms with van der Waals surface area (Å²) < 4.78 is 11.8. The first-order valence-electron chi connectivity index (χ1n) is 7.41. The Bertz CT molecular complexity index is 394. The number of ether oxygens (including phenoxy) is 2. The minimum atomic E-state index is 0.0223. The Hall–Kier alpha value is -1.02. The minimum Gasteiger partial charge on any atom is -0.491 e. The molecule has 106 valence electrons. The van der Waals surface area contributed by atoms with Crippen molar-refractivity contribution in [3.8, 4) is 5.75 Å². The number of rotatable bonds is 5. The quantitative estimate of drug-likeness (QED) is 0.775. The highest BCUT2D eigenvalue weighted by molar-refractivity contribution is 5.29. The molecule has 0 amide bonds. The number of hydrogen-bond donors (Lipinski definition) is 0. The molecule has 0 aliphatic carbocycles. The van der Waals surface area contributed by atoms with Gasteiger partial charge >= 0.3 is 0 Å². The molecule has 19 heavy (non-hydrogen) atoms. The fourth-order valence-electron chi connectivity index (χ4n) is 2.51. The molecule has 0 saturated carbocycles. The fourth-order valence-corrected chi connectivity index (χ4v) is 2.51. The maximum Gasteiger partial charge on any atom is 0.119 e. The van der Waals surface area contributed by atoms with Crippen LogP contribution >= 0.6 is 0 Å². The van der Waals surface area contributed by atoms with Crippen molar-refractivity contribution in [3.63, 3.8) is 0 Å². The van der Waals surface area contributed by atoms with Crippen LogP contribution in [0.25, 0.3) is 0 Å². The highest BCUT2D eigenvalue weighted by Gasteiger charge is 2.31. The zero-order chi connectivity index (χ0) is 13.9. The van der Waals surface area contributed by atoms with E-state index < -0.39 is 0 Å². The van der Waals surface area contributed by atoms with Gasteiger partial charge in [0.25, 0.3) is 0 Å². The Morgan fingerprint density at radius 1 is 1.32 bits per heavy atom. The van der Waals surface area contributed by atoms with E-state index >= 15 is 0 Å². The summed E-state index contributed by atoms with van der Waals surface area (Å²) in [5, 5.41) is 0. The van der Waals surface area contributed by atoms with Gasteiger partial charge < -0.3 is 9.47 Å². The van der Waals surface area contributed by atoms with Gasteiger partial charge in [-0.1, -0.05) is 26.0 Å². The molecule has 2 atom stereocenters. The van der Waals surface area contributed by atoms with Crippen LogP contribution in [0.3, 0.4) is 0 Å². The third kappa shape index (κ3) is 3.97. The topological polar surface area (TPSA) is 18.5 Å². The van der Waals surface area contributed by atoms with Gasteiger partial charge in [0, 0.05) is 0 Å². The predicted molar refractivity (Wildman–Crippen MR) is 78.8 cm³/mol. The number of hydrogen-bond acceptors (Lipinski definition) is 2. The highest BCUT2D eigenvalue weighted by Crippen LogP contribution is 2.30. The third-order valence-corrected chi connectivity index (χ3v) is 4.05. The molecule has 2 nitrogen and oxygen atoms in total. The molecule has 0 radical (unpaired) electrons. The van der Waals surface area contributed by atoms with Crippen LogP contribution < -0.4 is 4.74 Å². The summed E-state index contributed by atoms with van der Waals surface area (Å²) in [4.78, 5) is 0. The Labute approximate surface area is 117 Å². The molecule has 1 aliphatic heterocycles. The number of benzene rings is 1. The smallest absolute Gasteiger partial charge is 0.119 e. The lowest BCUT2D eigenvalue weighted by molar-refractivity contribution is -0.0326. The van der Waals surface area contributed by atoms with E-state index in [1.54, 1.807) is 0 Å². The summed E-state index contributed by atoms with van der Waals surface area (Å²) in [7, 11) is 0. The minimum absolute atomic E-state index is 0.0223. The van der Waals surface area contributed by atoms with Crippen LogP contribution in [0.1, 0.15) is 58.4 Å². The zero-order valence-electron chi connectivity index (χ0n) is 12.6. The van der Waals surface area contributed by atoms with Crippen molar-refractivity contribution in [1.82, 2.24) is 0 Å². The van der Waals surface area contributed by atoms with Crippen LogP contribution in [0.15, 0.2) is 24.3 Å². The van der Waals surface area contributed by atoms with Gasteiger partial charge in [0.15, 0.2) is 0 Å². The molecule has 1 fully saturated rings. The first-order valence-corrected chi connectivity index (χ1v) is 7.41. The van der Waals surface area contributed by atoms with E-state index in [0.717, 1.165) is 18.6 Å². The van der Waals surface area contributed by atoms with Crippen molar-refractivity contribution >= 4 is 0 Å². The largest absolute Gasteiger partial charge is 0.491 e. The van der Waals surface area contributed by atoms with Crippen molar-refractivity contribution in [3.05, 3.63) is 29.8 Å². The van der Waals surface area contributed by atoms with Crippen LogP contribution in [0.2, 0.25) is 0 Å². The predicted octanol–water partition coefficient (Wildman–Crippen LogP) is 4.54. The summed E-state index contributed by atoms with van der Waals surface area (Å²) >= 11 is 0. The van der Waals surface area contributed by atoms with Gasteiger partial charge in [-0.15, -0.1) is 0 Å². The maximum atomic E-state index is 5.92. The first-order chi connectivity index (χ1) is 9.00. The van der Waals surface area contributed by atoms with E-state index in [-0.39, 0.29) is 11.7 Å². The van der Waals surface area contributed by atoms with E-state index in [2.05, 4.69) is 52.0 Å². The molecular formula is C17H26O2. The van der Waals surface area contributed by atoms with Gasteiger partial charge in [0.2, 0.25) is 0 Å². The molecule has 2 rings (SSSR count). The molecule has 2 unspecified atom stereocenters. The van der Waals surface area contributed by atoms with E-state index in [1.807, 2.05) is 0 Å². The molecule has 1 aliphatic rings. The van der Waals surface area contributed by atoms with E-state index in [9.17, 15) is 0 Å². The average Bonchev–Trinajstić information content (AvgIpc) is 2.76. The standard InChI is InChI=1S/C17H26O2/c1-5-13(2)14-6-8-15(9-7-14)18-12-16-10-11-17(3,4)19-16/h6-9,13,16H,5,10-12H2,1-4H3. The van der Waals surface area contributed by atoms with Crippen LogP contribution in [-0.2, 0) is 4.74 Å². The highest BCUT2D eigenvalue weighted by atomic mass is 16.6. The molecule has 0 spiro atoms. The lowest BCUT2D eigenvalue weighted by atomic mass is 9.99. The second-order valence-electron chi connectivity index (χ2n) is 6.23. The van der Waals surface area contributed by atoms with Gasteiger partial charge in [-0.25, -0.2) is 0 Å². The average molecular weight is 262 g/mol. The molecule has 0 bridgehead atoms. The van der Waals surface area contributed by atoms with E-state index in [4.69, 9.17) is 9.47 Å². The summed E-state index contributed by atoms with van der Waals surface area (Å²) in [6, 6.07) is 8.48. The van der Waals surface area contributed by atoms with Crippen molar-refractivity contribution in [1.29, 1.82) is 0 Å². The zero-order valence-corrected chi connectivity index (χ0v) is 12.6. The monoisotopic (exact) mass is 262 g/mol. The first kappa shape index (κ1) is 14.4. The van der Waals surface area contributed by atoms with Crippen LogP contribution in [-0.4, -0.2) is 18.3 Å². The maximum absolute atomic E-state index is 5.92. The van der Waals surface area contributed by atoms with Gasteiger partial charge in [0.1, 0.15) is 12.4 Å². The van der Waals surface area contributed by atoms with Crippen molar-refractivity contribution in [2.75, 3.05) is 6.61 Å². The summed E-state index contributed by atoms with van der Waals surface area (Å²) in [5.74, 6) is 1.56. The second kappa shape index (κ2) is 5.96. The molecule has 1 heterocycles. The third-order valence-electron chi connectivity index (χ3n) is 4.05. The van der Waals surface area contributed by atoms with Crippen molar-refractivity contribution < 1.29 is 9.47 Å². The van der Waals surface area contributed by atoms with E-state index in [0.29, 0.717) is 12.5 Å². The summed E-state index contributed by atoms with van der Waals surface area (Å²) in [6.07, 6.45) is 3.63. The normalized spacial score (nSPS) is 23.3. The van der Waals surface area contributed by atoms with Gasteiger partial charge in [-0.05, 0) is 56.7 Å². The van der Waals surface area contributed by atoms with Crippen LogP contribution in [0.5, 0.6) is 5.75 Å². The van der Waals surface area contributed by atoms with Crippen molar-refractivity contribution in [2.24, 2.45) is 0 Å². The lowest BCUT2D eigenvalue weighted by Gasteiger charge is -2.19. The van der Waals surface area contributed by atoms with Crippen molar-refractivity contribution in [2.45, 2.75) is 64.6 Å². The molecule has 1 aromatic carbocycles. The SMILES string of the molecule is CCC(C)c1ccc(OCC2CCC(C)(C)O2)cc1. The Kier molecular flexibility index (Phi) is 4.51.